The lowest BCUT2D eigenvalue weighted by atomic mass is 9.99. The molecule has 0 saturated heterocycles. The van der Waals surface area contributed by atoms with Gasteiger partial charge in [0.1, 0.15) is 11.3 Å². The third-order valence-electron chi connectivity index (χ3n) is 3.97. The van der Waals surface area contributed by atoms with Crippen LogP contribution in [0.15, 0.2) is 30.5 Å². The van der Waals surface area contributed by atoms with Crippen LogP contribution in [-0.2, 0) is 14.3 Å². The molecule has 1 aromatic heterocycles. The first kappa shape index (κ1) is 20.9. The second kappa shape index (κ2) is 9.03. The van der Waals surface area contributed by atoms with E-state index < -0.39 is 23.5 Å². The van der Waals surface area contributed by atoms with Crippen LogP contribution in [0.2, 0.25) is 0 Å². The molecule has 1 heterocycles. The van der Waals surface area contributed by atoms with E-state index in [4.69, 9.17) is 9.84 Å². The average molecular weight is 389 g/mol. The van der Waals surface area contributed by atoms with Crippen molar-refractivity contribution in [1.82, 2.24) is 10.3 Å². The van der Waals surface area contributed by atoms with Gasteiger partial charge in [-0.2, -0.15) is 0 Å². The second-order valence-electron chi connectivity index (χ2n) is 6.73. The van der Waals surface area contributed by atoms with Crippen LogP contribution in [0.1, 0.15) is 26.7 Å². The first-order valence-corrected chi connectivity index (χ1v) is 8.60. The van der Waals surface area contributed by atoms with Crippen molar-refractivity contribution in [2.24, 2.45) is 0 Å². The van der Waals surface area contributed by atoms with Gasteiger partial charge in [0, 0.05) is 23.5 Å². The van der Waals surface area contributed by atoms with Crippen LogP contribution in [0, 0.1) is 0 Å². The van der Waals surface area contributed by atoms with Gasteiger partial charge in [-0.15, -0.1) is 0 Å². The lowest BCUT2D eigenvalue weighted by Gasteiger charge is -2.26. The summed E-state index contributed by atoms with van der Waals surface area (Å²) in [4.78, 5) is 38.7. The van der Waals surface area contributed by atoms with Crippen LogP contribution in [-0.4, -0.2) is 47.3 Å². The minimum absolute atomic E-state index is 0.0492. The minimum atomic E-state index is -0.921. The van der Waals surface area contributed by atoms with Crippen molar-refractivity contribution in [3.8, 4) is 5.75 Å². The van der Waals surface area contributed by atoms with E-state index in [0.717, 1.165) is 0 Å². The highest BCUT2D eigenvalue weighted by atomic mass is 16.6. The van der Waals surface area contributed by atoms with Gasteiger partial charge in [-0.05, 0) is 44.5 Å². The summed E-state index contributed by atoms with van der Waals surface area (Å²) in [5.74, 6) is -1.06. The Bertz CT molecular complexity index is 881. The predicted octanol–water partition coefficient (Wildman–Crippen LogP) is 2.55. The number of esters is 1. The number of amides is 2. The second-order valence-corrected chi connectivity index (χ2v) is 6.73. The molecule has 0 spiro atoms. The summed E-state index contributed by atoms with van der Waals surface area (Å²) in [5.41, 5.74) is 0.287. The summed E-state index contributed by atoms with van der Waals surface area (Å²) in [6.45, 7) is 3.24. The molecular weight excluding hydrogens is 366 g/mol. The maximum absolute atomic E-state index is 12.4. The number of hydrogen-bond donors (Lipinski definition) is 3. The number of fused-ring (bicyclic) bond motifs is 1. The molecule has 2 aromatic rings. The van der Waals surface area contributed by atoms with Crippen LogP contribution in [0.4, 0.5) is 10.5 Å². The molecule has 9 heteroatoms. The van der Waals surface area contributed by atoms with Gasteiger partial charge in [-0.1, -0.05) is 0 Å². The molecule has 1 aromatic carbocycles. The Kier molecular flexibility index (Phi) is 6.75. The van der Waals surface area contributed by atoms with E-state index in [1.807, 2.05) is 0 Å². The molecule has 0 aliphatic rings. The van der Waals surface area contributed by atoms with Crippen LogP contribution < -0.4 is 15.4 Å². The van der Waals surface area contributed by atoms with Gasteiger partial charge in [0.2, 0.25) is 0 Å². The van der Waals surface area contributed by atoms with Crippen LogP contribution in [0.3, 0.4) is 0 Å². The zero-order valence-corrected chi connectivity index (χ0v) is 15.9. The summed E-state index contributed by atoms with van der Waals surface area (Å²) in [6.07, 6.45) is 1.82. The maximum atomic E-state index is 12.4. The number of nitrogens with zero attached hydrogens (tertiary/aromatic N) is 1. The van der Waals surface area contributed by atoms with E-state index in [2.05, 4.69) is 20.4 Å². The normalized spacial score (nSPS) is 11.0. The van der Waals surface area contributed by atoms with Gasteiger partial charge >= 0.3 is 18.0 Å². The SMILES string of the molecule is COC(=O)COc1ccc(NC(=O)NC(C)(C)CCC(=O)O)c2cccnc12. The Morgan fingerprint density at radius 3 is 2.64 bits per heavy atom. The molecule has 9 nitrogen and oxygen atoms in total. The smallest absolute Gasteiger partial charge is 0.343 e. The summed E-state index contributed by atoms with van der Waals surface area (Å²) < 4.78 is 10.0. The quantitative estimate of drug-likeness (QED) is 0.592. The van der Waals surface area contributed by atoms with E-state index in [0.29, 0.717) is 28.8 Å². The number of ether oxygens (including phenoxy) is 2. The molecule has 0 atom stereocenters. The van der Waals surface area contributed by atoms with Crippen LogP contribution >= 0.6 is 0 Å². The number of methoxy groups -OCH3 is 1. The molecule has 2 amide bonds. The highest BCUT2D eigenvalue weighted by Crippen LogP contribution is 2.30. The molecule has 0 bridgehead atoms. The van der Waals surface area contributed by atoms with Crippen molar-refractivity contribution in [2.45, 2.75) is 32.2 Å². The molecule has 0 radical (unpaired) electrons. The molecule has 0 fully saturated rings. The van der Waals surface area contributed by atoms with E-state index in [9.17, 15) is 14.4 Å². The number of aromatic nitrogens is 1. The topological polar surface area (TPSA) is 127 Å². The zero-order valence-electron chi connectivity index (χ0n) is 15.9. The van der Waals surface area contributed by atoms with Crippen molar-refractivity contribution in [1.29, 1.82) is 0 Å². The third kappa shape index (κ3) is 5.83. The lowest BCUT2D eigenvalue weighted by molar-refractivity contribution is -0.143. The highest BCUT2D eigenvalue weighted by Gasteiger charge is 2.22. The van der Waals surface area contributed by atoms with Crippen LogP contribution in [0.25, 0.3) is 10.9 Å². The summed E-state index contributed by atoms with van der Waals surface area (Å²) >= 11 is 0. The molecule has 28 heavy (non-hydrogen) atoms. The van der Waals surface area contributed by atoms with Gasteiger partial charge < -0.3 is 25.2 Å². The van der Waals surface area contributed by atoms with Gasteiger partial charge in [0.05, 0.1) is 12.8 Å². The van der Waals surface area contributed by atoms with E-state index in [1.54, 1.807) is 44.3 Å². The Hall–Kier alpha value is -3.36. The molecule has 0 saturated carbocycles. The fourth-order valence-corrected chi connectivity index (χ4v) is 2.51. The number of pyridine rings is 1. The molecule has 0 aliphatic carbocycles. The highest BCUT2D eigenvalue weighted by molar-refractivity contribution is 6.02. The molecule has 2 rings (SSSR count). The van der Waals surface area contributed by atoms with Crippen molar-refractivity contribution >= 4 is 34.6 Å². The number of urea groups is 1. The fraction of sp³-hybridized carbons (Fsp3) is 0.368. The molecule has 0 unspecified atom stereocenters. The number of anilines is 1. The summed E-state index contributed by atoms with van der Waals surface area (Å²) in [6, 6.07) is 6.25. The number of aliphatic carboxylic acids is 1. The number of carboxylic acids is 1. The summed E-state index contributed by atoms with van der Waals surface area (Å²) in [5, 5.41) is 14.9. The summed E-state index contributed by atoms with van der Waals surface area (Å²) in [7, 11) is 1.27. The number of carbonyl (C=O) groups excluding carboxylic acids is 2. The number of benzene rings is 1. The van der Waals surface area contributed by atoms with Crippen molar-refractivity contribution in [2.75, 3.05) is 19.0 Å². The van der Waals surface area contributed by atoms with E-state index in [-0.39, 0.29) is 13.0 Å². The number of nitrogens with one attached hydrogen (secondary N) is 2. The monoisotopic (exact) mass is 389 g/mol. The van der Waals surface area contributed by atoms with Crippen LogP contribution in [0.5, 0.6) is 5.75 Å². The van der Waals surface area contributed by atoms with E-state index >= 15 is 0 Å². The van der Waals surface area contributed by atoms with Crippen molar-refractivity contribution < 1.29 is 29.0 Å². The number of rotatable bonds is 8. The van der Waals surface area contributed by atoms with Gasteiger partial charge in [0.15, 0.2) is 6.61 Å². The maximum Gasteiger partial charge on any atom is 0.343 e. The van der Waals surface area contributed by atoms with Gasteiger partial charge in [-0.25, -0.2) is 9.59 Å². The molecular formula is C19H23N3O6. The number of hydrogen-bond acceptors (Lipinski definition) is 6. The van der Waals surface area contributed by atoms with Crippen molar-refractivity contribution in [3.63, 3.8) is 0 Å². The Labute approximate surface area is 162 Å². The largest absolute Gasteiger partial charge is 0.481 e. The third-order valence-corrected chi connectivity index (χ3v) is 3.97. The first-order valence-electron chi connectivity index (χ1n) is 8.60. The molecule has 150 valence electrons. The van der Waals surface area contributed by atoms with Gasteiger partial charge in [0.25, 0.3) is 0 Å². The minimum Gasteiger partial charge on any atom is -0.481 e. The molecule has 0 aliphatic heterocycles. The van der Waals surface area contributed by atoms with Gasteiger partial charge in [-0.3, -0.25) is 9.78 Å². The zero-order chi connectivity index (χ0) is 20.7. The Morgan fingerprint density at radius 2 is 1.96 bits per heavy atom. The fourth-order valence-electron chi connectivity index (χ4n) is 2.51. The molecule has 3 N–H and O–H groups in total. The van der Waals surface area contributed by atoms with Crippen molar-refractivity contribution in [3.05, 3.63) is 30.5 Å². The first-order chi connectivity index (χ1) is 13.2. The lowest BCUT2D eigenvalue weighted by Crippen LogP contribution is -2.45. The standard InChI is InChI=1S/C19H23N3O6/c1-19(2,9-8-15(23)24)22-18(26)21-13-6-7-14(28-11-16(25)27-3)17-12(13)5-4-10-20-17/h4-7,10H,8-9,11H2,1-3H3,(H,23,24)(H2,21,22,26). The average Bonchev–Trinajstić information content (AvgIpc) is 2.65. The number of carboxylic acid groups (broad SMARTS) is 1. The van der Waals surface area contributed by atoms with E-state index in [1.165, 1.54) is 7.11 Å². The number of carbonyl (C=O) groups is 3. The Morgan fingerprint density at radius 1 is 1.21 bits per heavy atom. The Balaban J connectivity index is 2.16. The predicted molar refractivity (Wildman–Crippen MR) is 102 cm³/mol.